The third-order valence-electron chi connectivity index (χ3n) is 3.81. The maximum absolute atomic E-state index is 5.47. The fraction of sp³-hybridized carbons (Fsp3) is 0.136. The Morgan fingerprint density at radius 2 is 1.82 bits per heavy atom. The molecule has 0 saturated carbocycles. The highest BCUT2D eigenvalue weighted by molar-refractivity contribution is 5.99. The van der Waals surface area contributed by atoms with E-state index in [1.54, 1.807) is 19.5 Å². The molecule has 0 bridgehead atoms. The first kappa shape index (κ1) is 19.1. The summed E-state index contributed by atoms with van der Waals surface area (Å²) in [6.45, 7) is 2.58. The average Bonchev–Trinajstić information content (AvgIpc) is 2.75. The van der Waals surface area contributed by atoms with Crippen molar-refractivity contribution in [3.05, 3.63) is 84.2 Å². The Balaban J connectivity index is 1.84. The zero-order valence-corrected chi connectivity index (χ0v) is 15.9. The van der Waals surface area contributed by atoms with Gasteiger partial charge in [-0.3, -0.25) is 10.4 Å². The number of amidine groups is 1. The molecule has 0 amide bonds. The fourth-order valence-electron chi connectivity index (χ4n) is 2.49. The third-order valence-corrected chi connectivity index (χ3v) is 3.81. The minimum Gasteiger partial charge on any atom is -0.496 e. The number of benzene rings is 2. The first-order valence-corrected chi connectivity index (χ1v) is 8.95. The maximum Gasteiger partial charge on any atom is 0.172 e. The Labute approximate surface area is 164 Å². The average molecular weight is 374 g/mol. The molecule has 1 N–H and O–H groups in total. The van der Waals surface area contributed by atoms with Gasteiger partial charge in [-0.05, 0) is 55.5 Å². The molecule has 0 radical (unpaired) electrons. The van der Waals surface area contributed by atoms with Crippen LogP contribution in [0.5, 0.6) is 11.5 Å². The summed E-state index contributed by atoms with van der Waals surface area (Å²) in [6.07, 6.45) is 3.41. The first-order chi connectivity index (χ1) is 13.8. The van der Waals surface area contributed by atoms with E-state index in [2.05, 4.69) is 20.5 Å². The van der Waals surface area contributed by atoms with Crippen molar-refractivity contribution >= 4 is 17.7 Å². The number of nitrogens with zero attached hydrogens (tertiary/aromatic N) is 3. The second kappa shape index (κ2) is 9.87. The molecular weight excluding hydrogens is 352 g/mol. The predicted molar refractivity (Wildman–Crippen MR) is 112 cm³/mol. The minimum absolute atomic E-state index is 0.538. The molecule has 6 nitrogen and oxygen atoms in total. The van der Waals surface area contributed by atoms with Gasteiger partial charge in [0.25, 0.3) is 0 Å². The van der Waals surface area contributed by atoms with E-state index < -0.39 is 0 Å². The highest BCUT2D eigenvalue weighted by atomic mass is 16.5. The van der Waals surface area contributed by atoms with Crippen molar-refractivity contribution < 1.29 is 9.47 Å². The van der Waals surface area contributed by atoms with Crippen molar-refractivity contribution in [2.75, 3.05) is 13.7 Å². The molecule has 3 rings (SSSR count). The van der Waals surface area contributed by atoms with Gasteiger partial charge in [-0.25, -0.2) is 4.99 Å². The van der Waals surface area contributed by atoms with Gasteiger partial charge in [0.2, 0.25) is 0 Å². The maximum atomic E-state index is 5.47. The van der Waals surface area contributed by atoms with Gasteiger partial charge in [-0.1, -0.05) is 18.2 Å². The second-order valence-electron chi connectivity index (χ2n) is 5.71. The van der Waals surface area contributed by atoms with Gasteiger partial charge in [-0.2, -0.15) is 5.10 Å². The normalized spacial score (nSPS) is 11.4. The SMILES string of the molecule is CCOc1ccc(N=C(N/N=C/c2ccccc2OC)c2ccccn2)cc1. The predicted octanol–water partition coefficient (Wildman–Crippen LogP) is 4.19. The van der Waals surface area contributed by atoms with Gasteiger partial charge < -0.3 is 9.47 Å². The molecule has 1 heterocycles. The summed E-state index contributed by atoms with van der Waals surface area (Å²) in [5, 5.41) is 4.32. The molecule has 0 saturated heterocycles. The third kappa shape index (κ3) is 5.17. The number of methoxy groups -OCH3 is 1. The zero-order valence-electron chi connectivity index (χ0n) is 15.9. The molecule has 0 fully saturated rings. The van der Waals surface area contributed by atoms with E-state index in [0.717, 1.165) is 22.7 Å². The van der Waals surface area contributed by atoms with Crippen LogP contribution in [0.1, 0.15) is 18.2 Å². The Morgan fingerprint density at radius 3 is 2.54 bits per heavy atom. The van der Waals surface area contributed by atoms with Crippen molar-refractivity contribution in [3.8, 4) is 11.5 Å². The molecule has 142 valence electrons. The number of ether oxygens (including phenoxy) is 2. The van der Waals surface area contributed by atoms with Crippen LogP contribution in [0.3, 0.4) is 0 Å². The van der Waals surface area contributed by atoms with Crippen molar-refractivity contribution in [2.24, 2.45) is 10.1 Å². The molecule has 0 spiro atoms. The second-order valence-corrected chi connectivity index (χ2v) is 5.71. The fourth-order valence-corrected chi connectivity index (χ4v) is 2.49. The van der Waals surface area contributed by atoms with Crippen LogP contribution < -0.4 is 14.9 Å². The van der Waals surface area contributed by atoms with Crippen molar-refractivity contribution in [1.82, 2.24) is 10.4 Å². The van der Waals surface area contributed by atoms with Crippen LogP contribution in [0.15, 0.2) is 83.0 Å². The molecule has 1 aromatic heterocycles. The number of para-hydroxylation sites is 1. The van der Waals surface area contributed by atoms with Crippen LogP contribution >= 0.6 is 0 Å². The van der Waals surface area contributed by atoms with Crippen LogP contribution in [0.25, 0.3) is 0 Å². The van der Waals surface area contributed by atoms with Gasteiger partial charge >= 0.3 is 0 Å². The summed E-state index contributed by atoms with van der Waals surface area (Å²) in [5.41, 5.74) is 5.31. The minimum atomic E-state index is 0.538. The van der Waals surface area contributed by atoms with E-state index in [4.69, 9.17) is 9.47 Å². The van der Waals surface area contributed by atoms with E-state index in [9.17, 15) is 0 Å². The molecule has 6 heteroatoms. The molecule has 3 aromatic rings. The molecule has 0 aliphatic carbocycles. The number of nitrogens with one attached hydrogen (secondary N) is 1. The molecule has 2 aromatic carbocycles. The standard InChI is InChI=1S/C22H22N4O2/c1-3-28-19-13-11-18(12-14-19)25-22(20-9-6-7-15-23-20)26-24-16-17-8-4-5-10-21(17)27-2/h4-16H,3H2,1-2H3,(H,25,26)/b24-16+. The lowest BCUT2D eigenvalue weighted by atomic mass is 10.2. The molecule has 0 aliphatic rings. The molecule has 0 aliphatic heterocycles. The molecule has 0 unspecified atom stereocenters. The summed E-state index contributed by atoms with van der Waals surface area (Å²) < 4.78 is 10.8. The molecule has 28 heavy (non-hydrogen) atoms. The van der Waals surface area contributed by atoms with Crippen LogP contribution in [0.2, 0.25) is 0 Å². The lowest BCUT2D eigenvalue weighted by molar-refractivity contribution is 0.340. The van der Waals surface area contributed by atoms with Crippen molar-refractivity contribution in [3.63, 3.8) is 0 Å². The number of rotatable bonds is 7. The summed E-state index contributed by atoms with van der Waals surface area (Å²) in [5.74, 6) is 2.09. The Hall–Kier alpha value is -3.67. The lowest BCUT2D eigenvalue weighted by Crippen LogP contribution is -2.20. The van der Waals surface area contributed by atoms with Crippen LogP contribution in [0, 0.1) is 0 Å². The van der Waals surface area contributed by atoms with E-state index in [1.807, 2.05) is 73.7 Å². The lowest BCUT2D eigenvalue weighted by Gasteiger charge is -2.07. The zero-order chi connectivity index (χ0) is 19.6. The van der Waals surface area contributed by atoms with Gasteiger partial charge in [0.1, 0.15) is 17.2 Å². The van der Waals surface area contributed by atoms with E-state index in [1.165, 1.54) is 0 Å². The van der Waals surface area contributed by atoms with Gasteiger partial charge in [0, 0.05) is 11.8 Å². The first-order valence-electron chi connectivity index (χ1n) is 8.95. The summed E-state index contributed by atoms with van der Waals surface area (Å²) >= 11 is 0. The number of hydrazone groups is 1. The quantitative estimate of drug-likeness (QED) is 0.382. The Kier molecular flexibility index (Phi) is 6.73. The summed E-state index contributed by atoms with van der Waals surface area (Å²) in [7, 11) is 1.63. The highest BCUT2D eigenvalue weighted by Gasteiger charge is 2.05. The van der Waals surface area contributed by atoms with E-state index in [0.29, 0.717) is 18.1 Å². The van der Waals surface area contributed by atoms with Crippen LogP contribution in [-0.2, 0) is 0 Å². The molecule has 0 atom stereocenters. The topological polar surface area (TPSA) is 68.1 Å². The van der Waals surface area contributed by atoms with Crippen molar-refractivity contribution in [2.45, 2.75) is 6.92 Å². The highest BCUT2D eigenvalue weighted by Crippen LogP contribution is 2.19. The summed E-state index contributed by atoms with van der Waals surface area (Å²) in [4.78, 5) is 9.01. The van der Waals surface area contributed by atoms with Crippen LogP contribution in [-0.4, -0.2) is 30.8 Å². The Morgan fingerprint density at radius 1 is 1.04 bits per heavy atom. The Bertz CT molecular complexity index is 938. The number of hydrogen-bond acceptors (Lipinski definition) is 5. The number of aromatic nitrogens is 1. The summed E-state index contributed by atoms with van der Waals surface area (Å²) in [6, 6.07) is 20.8. The van der Waals surface area contributed by atoms with Gasteiger partial charge in [-0.15, -0.1) is 0 Å². The number of pyridine rings is 1. The van der Waals surface area contributed by atoms with E-state index >= 15 is 0 Å². The largest absolute Gasteiger partial charge is 0.496 e. The smallest absolute Gasteiger partial charge is 0.172 e. The number of hydrogen-bond donors (Lipinski definition) is 1. The van der Waals surface area contributed by atoms with Gasteiger partial charge in [0.05, 0.1) is 25.6 Å². The van der Waals surface area contributed by atoms with Crippen LogP contribution in [0.4, 0.5) is 5.69 Å². The van der Waals surface area contributed by atoms with Gasteiger partial charge in [0.15, 0.2) is 5.84 Å². The molecular formula is C22H22N4O2. The monoisotopic (exact) mass is 374 g/mol. The number of aliphatic imine (C=N–C) groups is 1. The van der Waals surface area contributed by atoms with Crippen molar-refractivity contribution in [1.29, 1.82) is 0 Å². The van der Waals surface area contributed by atoms with E-state index in [-0.39, 0.29) is 0 Å².